The van der Waals surface area contributed by atoms with E-state index in [2.05, 4.69) is 0 Å². The van der Waals surface area contributed by atoms with E-state index < -0.39 is 11.6 Å². The molecule has 4 heteroatoms. The molecule has 0 aromatic heterocycles. The van der Waals surface area contributed by atoms with Crippen LogP contribution < -0.4 is 10.5 Å². The van der Waals surface area contributed by atoms with Crippen LogP contribution in [0.15, 0.2) is 36.4 Å². The van der Waals surface area contributed by atoms with Crippen molar-refractivity contribution in [2.24, 2.45) is 5.73 Å². The maximum atomic E-state index is 14.0. The van der Waals surface area contributed by atoms with Gasteiger partial charge in [0.15, 0.2) is 11.6 Å². The van der Waals surface area contributed by atoms with Crippen LogP contribution in [0.1, 0.15) is 12.0 Å². The molecule has 1 atom stereocenters. The molecule has 0 saturated heterocycles. The Labute approximate surface area is 116 Å². The zero-order chi connectivity index (χ0) is 14.1. The molecule has 2 N–H and O–H groups in total. The first kappa shape index (κ1) is 13.1. The topological polar surface area (TPSA) is 35.2 Å². The molecule has 2 aromatic rings. The summed E-state index contributed by atoms with van der Waals surface area (Å²) in [6.45, 7) is 0.416. The van der Waals surface area contributed by atoms with E-state index >= 15 is 0 Å². The van der Waals surface area contributed by atoms with Crippen LogP contribution >= 0.6 is 0 Å². The zero-order valence-electron chi connectivity index (χ0n) is 10.9. The third-order valence-corrected chi connectivity index (χ3v) is 3.62. The number of hydrogen-bond donors (Lipinski definition) is 1. The Morgan fingerprint density at radius 3 is 2.65 bits per heavy atom. The molecule has 3 rings (SSSR count). The van der Waals surface area contributed by atoms with Crippen LogP contribution in [0.25, 0.3) is 11.1 Å². The first-order valence-corrected chi connectivity index (χ1v) is 6.63. The molecule has 0 fully saturated rings. The van der Waals surface area contributed by atoms with Gasteiger partial charge in [-0.05, 0) is 24.5 Å². The van der Waals surface area contributed by atoms with Crippen LogP contribution in [0, 0.1) is 11.6 Å². The number of benzene rings is 2. The average molecular weight is 275 g/mol. The van der Waals surface area contributed by atoms with E-state index in [0.29, 0.717) is 17.9 Å². The van der Waals surface area contributed by atoms with Crippen molar-refractivity contribution >= 4 is 0 Å². The van der Waals surface area contributed by atoms with E-state index in [-0.39, 0.29) is 11.7 Å². The molecule has 0 unspecified atom stereocenters. The smallest absolute Gasteiger partial charge is 0.166 e. The summed E-state index contributed by atoms with van der Waals surface area (Å²) in [5.74, 6) is -1.08. The normalized spacial score (nSPS) is 17.4. The van der Waals surface area contributed by atoms with E-state index in [1.54, 1.807) is 12.1 Å². The molecule has 1 aliphatic rings. The summed E-state index contributed by atoms with van der Waals surface area (Å²) in [6, 6.07) is 9.70. The first-order valence-electron chi connectivity index (χ1n) is 6.63. The van der Waals surface area contributed by atoms with E-state index in [0.717, 1.165) is 24.5 Å². The Kier molecular flexibility index (Phi) is 3.40. The van der Waals surface area contributed by atoms with E-state index in [9.17, 15) is 8.78 Å². The maximum absolute atomic E-state index is 14.0. The van der Waals surface area contributed by atoms with Crippen molar-refractivity contribution in [2.75, 3.05) is 6.54 Å². The van der Waals surface area contributed by atoms with Crippen LogP contribution in [0.5, 0.6) is 5.75 Å². The van der Waals surface area contributed by atoms with E-state index in [1.165, 1.54) is 6.07 Å². The molecule has 0 spiro atoms. The van der Waals surface area contributed by atoms with Gasteiger partial charge in [0.2, 0.25) is 0 Å². The van der Waals surface area contributed by atoms with Gasteiger partial charge in [0.25, 0.3) is 0 Å². The number of fused-ring (bicyclic) bond motifs is 1. The van der Waals surface area contributed by atoms with Crippen LogP contribution in [-0.2, 0) is 6.42 Å². The van der Waals surface area contributed by atoms with Gasteiger partial charge in [-0.15, -0.1) is 0 Å². The lowest BCUT2D eigenvalue weighted by atomic mass is 9.95. The average Bonchev–Trinajstić information content (AvgIpc) is 2.49. The number of nitrogens with two attached hydrogens (primary N) is 1. The summed E-state index contributed by atoms with van der Waals surface area (Å²) >= 11 is 0. The number of rotatable bonds is 2. The highest BCUT2D eigenvalue weighted by Gasteiger charge is 2.23. The van der Waals surface area contributed by atoms with Crippen LogP contribution in [0.4, 0.5) is 8.78 Å². The first-order chi connectivity index (χ1) is 9.70. The molecule has 0 bridgehead atoms. The highest BCUT2D eigenvalue weighted by Crippen LogP contribution is 2.38. The number of halogens is 2. The standard InChI is InChI=1S/C16H15F2NO/c17-14-6-2-4-12(15(14)18)13-5-1-3-10-7-8-11(9-19)20-16(10)13/h1-6,11H,7-9,19H2/t11-/m1/s1. The molecule has 0 radical (unpaired) electrons. The van der Waals surface area contributed by atoms with Gasteiger partial charge in [-0.25, -0.2) is 8.78 Å². The van der Waals surface area contributed by atoms with Crippen molar-refractivity contribution < 1.29 is 13.5 Å². The SMILES string of the molecule is NC[C@H]1CCc2cccc(-c3cccc(F)c3F)c2O1. The lowest BCUT2D eigenvalue weighted by molar-refractivity contribution is 0.182. The lowest BCUT2D eigenvalue weighted by Gasteiger charge is -2.27. The third-order valence-electron chi connectivity index (χ3n) is 3.62. The van der Waals surface area contributed by atoms with Crippen molar-refractivity contribution in [1.82, 2.24) is 0 Å². The summed E-state index contributed by atoms with van der Waals surface area (Å²) in [4.78, 5) is 0. The summed E-state index contributed by atoms with van der Waals surface area (Å²) in [7, 11) is 0. The monoisotopic (exact) mass is 275 g/mol. The number of ether oxygens (including phenoxy) is 1. The molecule has 2 nitrogen and oxygen atoms in total. The van der Waals surface area contributed by atoms with Crippen molar-refractivity contribution in [3.63, 3.8) is 0 Å². The summed E-state index contributed by atoms with van der Waals surface area (Å²) in [5.41, 5.74) is 7.46. The predicted octanol–water partition coefficient (Wildman–Crippen LogP) is 3.28. The fourth-order valence-electron chi connectivity index (χ4n) is 2.55. The molecule has 1 heterocycles. The quantitative estimate of drug-likeness (QED) is 0.912. The summed E-state index contributed by atoms with van der Waals surface area (Å²) in [6.07, 6.45) is 1.61. The second-order valence-corrected chi connectivity index (χ2v) is 4.91. The molecule has 20 heavy (non-hydrogen) atoms. The predicted molar refractivity (Wildman–Crippen MR) is 73.6 cm³/mol. The largest absolute Gasteiger partial charge is 0.488 e. The second-order valence-electron chi connectivity index (χ2n) is 4.91. The van der Waals surface area contributed by atoms with Crippen LogP contribution in [-0.4, -0.2) is 12.6 Å². The van der Waals surface area contributed by atoms with Crippen LogP contribution in [0.3, 0.4) is 0 Å². The Bertz CT molecular complexity index is 642. The molecule has 2 aromatic carbocycles. The zero-order valence-corrected chi connectivity index (χ0v) is 10.9. The van der Waals surface area contributed by atoms with Crippen LogP contribution in [0.2, 0.25) is 0 Å². The van der Waals surface area contributed by atoms with Gasteiger partial charge in [0.1, 0.15) is 11.9 Å². The fraction of sp³-hybridized carbons (Fsp3) is 0.250. The summed E-state index contributed by atoms with van der Waals surface area (Å²) < 4.78 is 33.2. The van der Waals surface area contributed by atoms with Gasteiger partial charge < -0.3 is 10.5 Å². The third kappa shape index (κ3) is 2.16. The Hall–Kier alpha value is -1.94. The minimum atomic E-state index is -0.855. The minimum absolute atomic E-state index is 0.0692. The lowest BCUT2D eigenvalue weighted by Crippen LogP contribution is -2.30. The molecule has 0 saturated carbocycles. The molecular weight excluding hydrogens is 260 g/mol. The van der Waals surface area contributed by atoms with Crippen molar-refractivity contribution in [2.45, 2.75) is 18.9 Å². The van der Waals surface area contributed by atoms with Gasteiger partial charge in [-0.1, -0.05) is 30.3 Å². The highest BCUT2D eigenvalue weighted by atomic mass is 19.2. The van der Waals surface area contributed by atoms with Gasteiger partial charge in [-0.2, -0.15) is 0 Å². The van der Waals surface area contributed by atoms with Crippen molar-refractivity contribution in [3.05, 3.63) is 53.6 Å². The number of hydrogen-bond acceptors (Lipinski definition) is 2. The Morgan fingerprint density at radius 2 is 1.85 bits per heavy atom. The van der Waals surface area contributed by atoms with Gasteiger partial charge in [0.05, 0.1) is 0 Å². The number of aryl methyl sites for hydroxylation is 1. The van der Waals surface area contributed by atoms with Gasteiger partial charge >= 0.3 is 0 Å². The second kappa shape index (κ2) is 5.21. The summed E-state index contributed by atoms with van der Waals surface area (Å²) in [5, 5.41) is 0. The Morgan fingerprint density at radius 1 is 1.10 bits per heavy atom. The molecule has 104 valence electrons. The van der Waals surface area contributed by atoms with Crippen molar-refractivity contribution in [3.8, 4) is 16.9 Å². The molecule has 0 amide bonds. The van der Waals surface area contributed by atoms with Gasteiger partial charge in [-0.3, -0.25) is 0 Å². The number of para-hydroxylation sites is 1. The molecule has 1 aliphatic heterocycles. The highest BCUT2D eigenvalue weighted by molar-refractivity contribution is 5.73. The maximum Gasteiger partial charge on any atom is 0.166 e. The van der Waals surface area contributed by atoms with Crippen molar-refractivity contribution in [1.29, 1.82) is 0 Å². The fourth-order valence-corrected chi connectivity index (χ4v) is 2.55. The molecule has 0 aliphatic carbocycles. The van der Waals surface area contributed by atoms with Gasteiger partial charge in [0, 0.05) is 17.7 Å². The Balaban J connectivity index is 2.13. The van der Waals surface area contributed by atoms with E-state index in [4.69, 9.17) is 10.5 Å². The van der Waals surface area contributed by atoms with E-state index in [1.807, 2.05) is 12.1 Å². The molecular formula is C16H15F2NO. The minimum Gasteiger partial charge on any atom is -0.488 e.